The summed E-state index contributed by atoms with van der Waals surface area (Å²) in [5, 5.41) is 1.56. The lowest BCUT2D eigenvalue weighted by atomic mass is 10.1. The van der Waals surface area contributed by atoms with Gasteiger partial charge in [-0.3, -0.25) is 4.79 Å². The molecule has 0 amide bonds. The molecule has 0 saturated carbocycles. The lowest BCUT2D eigenvalue weighted by molar-refractivity contribution is -0.116. The third-order valence-electron chi connectivity index (χ3n) is 2.46. The Morgan fingerprint density at radius 1 is 1.38 bits per heavy atom. The Morgan fingerprint density at radius 2 is 2.12 bits per heavy atom. The Labute approximate surface area is 99.3 Å². The van der Waals surface area contributed by atoms with E-state index in [1.54, 1.807) is 6.92 Å². The molecule has 0 bridgehead atoms. The molecule has 0 aliphatic carbocycles. The van der Waals surface area contributed by atoms with E-state index < -0.39 is 0 Å². The van der Waals surface area contributed by atoms with Crippen LogP contribution >= 0.6 is 11.6 Å². The van der Waals surface area contributed by atoms with Gasteiger partial charge in [0.15, 0.2) is 0 Å². The number of rotatable bonds is 2. The third kappa shape index (κ3) is 2.22. The van der Waals surface area contributed by atoms with E-state index in [4.69, 9.17) is 11.6 Å². The summed E-state index contributed by atoms with van der Waals surface area (Å²) < 4.78 is 0. The number of ketones is 1. The summed E-state index contributed by atoms with van der Waals surface area (Å²) in [5.74, 6) is 0.165. The average molecular weight is 234 g/mol. The molecule has 2 rings (SSSR count). The zero-order chi connectivity index (χ0) is 11.7. The summed E-state index contributed by atoms with van der Waals surface area (Å²) in [6.45, 7) is 3.52. The van der Waals surface area contributed by atoms with Gasteiger partial charge in [0.2, 0.25) is 0 Å². The highest BCUT2D eigenvalue weighted by Gasteiger charge is 2.03. The Morgan fingerprint density at radius 3 is 2.81 bits per heavy atom. The fourth-order valence-corrected chi connectivity index (χ4v) is 1.85. The molecule has 3 heteroatoms. The zero-order valence-electron chi connectivity index (χ0n) is 9.25. The Hall–Kier alpha value is -1.41. The summed E-state index contributed by atoms with van der Waals surface area (Å²) in [6, 6.07) is 7.81. The minimum atomic E-state index is 0.165. The van der Waals surface area contributed by atoms with Gasteiger partial charge in [-0.2, -0.15) is 0 Å². The van der Waals surface area contributed by atoms with Crippen molar-refractivity contribution in [2.24, 2.45) is 0 Å². The predicted molar refractivity (Wildman–Crippen MR) is 65.9 cm³/mol. The molecule has 0 saturated heterocycles. The lowest BCUT2D eigenvalue weighted by Crippen LogP contribution is -1.96. The standard InChI is InChI=1S/C13H12ClNO/c1-8-5-11-7-10(6-9(2)16)3-4-12(11)15-13(8)14/h3-5,7H,6H2,1-2H3. The van der Waals surface area contributed by atoms with Crippen LogP contribution in [-0.2, 0) is 11.2 Å². The summed E-state index contributed by atoms with van der Waals surface area (Å²) in [7, 11) is 0. The molecule has 16 heavy (non-hydrogen) atoms. The minimum absolute atomic E-state index is 0.165. The first-order valence-electron chi connectivity index (χ1n) is 5.11. The molecule has 0 radical (unpaired) electrons. The van der Waals surface area contributed by atoms with Crippen molar-refractivity contribution >= 4 is 28.3 Å². The highest BCUT2D eigenvalue weighted by molar-refractivity contribution is 6.30. The van der Waals surface area contributed by atoms with E-state index in [0.717, 1.165) is 22.0 Å². The van der Waals surface area contributed by atoms with Gasteiger partial charge in [0.1, 0.15) is 10.9 Å². The van der Waals surface area contributed by atoms with Gasteiger partial charge in [0, 0.05) is 11.8 Å². The maximum Gasteiger partial charge on any atom is 0.134 e. The number of carbonyl (C=O) groups is 1. The Kier molecular flexibility index (Phi) is 2.92. The fourth-order valence-electron chi connectivity index (χ4n) is 1.71. The molecule has 0 atom stereocenters. The van der Waals surface area contributed by atoms with Crippen LogP contribution in [-0.4, -0.2) is 10.8 Å². The minimum Gasteiger partial charge on any atom is -0.300 e. The number of aryl methyl sites for hydroxylation is 1. The first kappa shape index (κ1) is 11.1. The van der Waals surface area contributed by atoms with Crippen LogP contribution in [0.4, 0.5) is 0 Å². The van der Waals surface area contributed by atoms with Crippen LogP contribution in [0.1, 0.15) is 18.1 Å². The van der Waals surface area contributed by atoms with Gasteiger partial charge < -0.3 is 0 Å². The van der Waals surface area contributed by atoms with Crippen LogP contribution in [0.3, 0.4) is 0 Å². The molecule has 0 unspecified atom stereocenters. The van der Waals surface area contributed by atoms with Crippen molar-refractivity contribution in [2.45, 2.75) is 20.3 Å². The molecule has 0 aliphatic heterocycles. The van der Waals surface area contributed by atoms with Crippen LogP contribution in [0.15, 0.2) is 24.3 Å². The number of hydrogen-bond acceptors (Lipinski definition) is 2. The maximum atomic E-state index is 11.0. The van der Waals surface area contributed by atoms with Crippen LogP contribution in [0.5, 0.6) is 0 Å². The third-order valence-corrected chi connectivity index (χ3v) is 2.84. The molecule has 0 spiro atoms. The van der Waals surface area contributed by atoms with Crippen molar-refractivity contribution in [1.29, 1.82) is 0 Å². The van der Waals surface area contributed by atoms with E-state index in [-0.39, 0.29) is 5.78 Å². The number of pyridine rings is 1. The molecular weight excluding hydrogens is 222 g/mol. The number of nitrogens with zero attached hydrogens (tertiary/aromatic N) is 1. The maximum absolute atomic E-state index is 11.0. The first-order chi connectivity index (χ1) is 7.56. The van der Waals surface area contributed by atoms with E-state index in [9.17, 15) is 4.79 Å². The molecule has 1 aromatic heterocycles. The molecule has 0 aliphatic rings. The number of carbonyl (C=O) groups excluding carboxylic acids is 1. The Bertz CT molecular complexity index is 563. The summed E-state index contributed by atoms with van der Waals surface area (Å²) in [4.78, 5) is 15.3. The second-order valence-electron chi connectivity index (χ2n) is 4.00. The van der Waals surface area contributed by atoms with Crippen molar-refractivity contribution < 1.29 is 4.79 Å². The highest BCUT2D eigenvalue weighted by atomic mass is 35.5. The second kappa shape index (κ2) is 4.22. The monoisotopic (exact) mass is 233 g/mol. The lowest BCUT2D eigenvalue weighted by Gasteiger charge is -2.04. The van der Waals surface area contributed by atoms with Gasteiger partial charge in [0.25, 0.3) is 0 Å². The molecule has 0 N–H and O–H groups in total. The normalized spacial score (nSPS) is 10.7. The van der Waals surface area contributed by atoms with E-state index in [1.807, 2.05) is 31.2 Å². The van der Waals surface area contributed by atoms with Gasteiger partial charge in [-0.15, -0.1) is 0 Å². The van der Waals surface area contributed by atoms with Crippen LogP contribution in [0, 0.1) is 6.92 Å². The van der Waals surface area contributed by atoms with E-state index in [0.29, 0.717) is 11.6 Å². The Balaban J connectivity index is 2.53. The quantitative estimate of drug-likeness (QED) is 0.745. The SMILES string of the molecule is CC(=O)Cc1ccc2nc(Cl)c(C)cc2c1. The topological polar surface area (TPSA) is 30.0 Å². The molecular formula is C13H12ClNO. The summed E-state index contributed by atoms with van der Waals surface area (Å²) >= 11 is 5.95. The molecule has 82 valence electrons. The van der Waals surface area contributed by atoms with Crippen molar-refractivity contribution in [2.75, 3.05) is 0 Å². The van der Waals surface area contributed by atoms with Gasteiger partial charge in [0.05, 0.1) is 5.52 Å². The van der Waals surface area contributed by atoms with E-state index >= 15 is 0 Å². The summed E-state index contributed by atoms with van der Waals surface area (Å²) in [6.07, 6.45) is 0.470. The van der Waals surface area contributed by atoms with Gasteiger partial charge in [-0.05, 0) is 43.2 Å². The van der Waals surface area contributed by atoms with E-state index in [1.165, 1.54) is 0 Å². The zero-order valence-corrected chi connectivity index (χ0v) is 10.0. The van der Waals surface area contributed by atoms with Gasteiger partial charge in [-0.1, -0.05) is 17.7 Å². The molecule has 1 heterocycles. The van der Waals surface area contributed by atoms with Crippen LogP contribution in [0.25, 0.3) is 10.9 Å². The molecule has 2 nitrogen and oxygen atoms in total. The largest absolute Gasteiger partial charge is 0.300 e. The van der Waals surface area contributed by atoms with Crippen molar-refractivity contribution in [3.8, 4) is 0 Å². The number of Topliss-reactive ketones (excluding diaryl/α,β-unsaturated/α-hetero) is 1. The first-order valence-corrected chi connectivity index (χ1v) is 5.49. The van der Waals surface area contributed by atoms with Crippen LogP contribution < -0.4 is 0 Å². The average Bonchev–Trinajstić information content (AvgIpc) is 2.19. The molecule has 2 aromatic rings. The number of benzene rings is 1. The number of halogens is 1. The second-order valence-corrected chi connectivity index (χ2v) is 4.36. The van der Waals surface area contributed by atoms with E-state index in [2.05, 4.69) is 4.98 Å². The van der Waals surface area contributed by atoms with Crippen molar-refractivity contribution in [1.82, 2.24) is 4.98 Å². The van der Waals surface area contributed by atoms with Crippen LogP contribution in [0.2, 0.25) is 5.15 Å². The highest BCUT2D eigenvalue weighted by Crippen LogP contribution is 2.21. The predicted octanol–water partition coefficient (Wildman–Crippen LogP) is 3.33. The number of aromatic nitrogens is 1. The number of fused-ring (bicyclic) bond motifs is 1. The fraction of sp³-hybridized carbons (Fsp3) is 0.231. The summed E-state index contributed by atoms with van der Waals surface area (Å²) in [5.41, 5.74) is 2.83. The van der Waals surface area contributed by atoms with Gasteiger partial charge in [-0.25, -0.2) is 4.98 Å². The smallest absolute Gasteiger partial charge is 0.134 e. The van der Waals surface area contributed by atoms with Crippen molar-refractivity contribution in [3.63, 3.8) is 0 Å². The van der Waals surface area contributed by atoms with Crippen molar-refractivity contribution in [3.05, 3.63) is 40.5 Å². The van der Waals surface area contributed by atoms with Gasteiger partial charge >= 0.3 is 0 Å². The number of hydrogen-bond donors (Lipinski definition) is 0. The molecule has 1 aromatic carbocycles. The molecule has 0 fully saturated rings.